The molecule has 0 saturated heterocycles. The van der Waals surface area contributed by atoms with E-state index in [4.69, 9.17) is 4.74 Å². The van der Waals surface area contributed by atoms with Crippen molar-refractivity contribution in [2.24, 2.45) is 0 Å². The summed E-state index contributed by atoms with van der Waals surface area (Å²) in [6.07, 6.45) is 3.85. The first-order valence-corrected chi connectivity index (χ1v) is 8.36. The van der Waals surface area contributed by atoms with Crippen molar-refractivity contribution in [2.45, 2.75) is 25.2 Å². The Morgan fingerprint density at radius 2 is 1.96 bits per heavy atom. The number of fused-ring (bicyclic) bond motifs is 1. The van der Waals surface area contributed by atoms with Crippen LogP contribution in [0.15, 0.2) is 53.0 Å². The monoisotopic (exact) mass is 337 g/mol. The molecule has 6 heteroatoms. The Morgan fingerprint density at radius 3 is 2.72 bits per heavy atom. The topological polar surface area (TPSA) is 87.0 Å². The molecule has 2 aromatic rings. The van der Waals surface area contributed by atoms with Crippen LogP contribution in [0.1, 0.15) is 36.3 Å². The van der Waals surface area contributed by atoms with Crippen molar-refractivity contribution in [2.75, 3.05) is 11.9 Å². The van der Waals surface area contributed by atoms with E-state index in [0.717, 1.165) is 29.9 Å². The standard InChI is InChI=1S/C19H19N3O3/c1-2-10-25-12-8-6-11(7-9-12)15-16-13(4-3-5-14(16)23)20-18-17(15)19(24)22-21-18/h2,6-9,15H,1,3-5,10H2,(H3,20,21,22,24)/t15-/m1/s1. The van der Waals surface area contributed by atoms with Crippen molar-refractivity contribution in [3.63, 3.8) is 0 Å². The number of ketones is 1. The lowest BCUT2D eigenvalue weighted by Gasteiger charge is -2.31. The van der Waals surface area contributed by atoms with Crippen molar-refractivity contribution in [3.05, 3.63) is 69.7 Å². The normalized spacial score (nSPS) is 19.0. The lowest BCUT2D eigenvalue weighted by molar-refractivity contribution is -0.116. The van der Waals surface area contributed by atoms with Crippen LogP contribution >= 0.6 is 0 Å². The van der Waals surface area contributed by atoms with E-state index in [1.165, 1.54) is 0 Å². The Morgan fingerprint density at radius 1 is 1.16 bits per heavy atom. The lowest BCUT2D eigenvalue weighted by atomic mass is 9.77. The zero-order valence-electron chi connectivity index (χ0n) is 13.7. The van der Waals surface area contributed by atoms with Crippen LogP contribution in [0.5, 0.6) is 5.75 Å². The SMILES string of the molecule is C=CCOc1ccc([C@@H]2C3=C(CCCC3=O)Nc3[nH][nH]c(=O)c32)cc1. The molecule has 2 aliphatic rings. The number of anilines is 1. The molecule has 25 heavy (non-hydrogen) atoms. The van der Waals surface area contributed by atoms with Crippen LogP contribution in [0.3, 0.4) is 0 Å². The zero-order chi connectivity index (χ0) is 17.4. The van der Waals surface area contributed by atoms with Crippen LogP contribution in [0, 0.1) is 0 Å². The molecule has 1 aliphatic carbocycles. The molecule has 1 atom stereocenters. The largest absolute Gasteiger partial charge is 0.490 e. The third-order valence-corrected chi connectivity index (χ3v) is 4.71. The number of H-pyrrole nitrogens is 2. The number of allylic oxidation sites excluding steroid dienone is 2. The van der Waals surface area contributed by atoms with Crippen LogP contribution in [0.25, 0.3) is 0 Å². The fraction of sp³-hybridized carbons (Fsp3) is 0.263. The van der Waals surface area contributed by atoms with E-state index in [1.54, 1.807) is 6.08 Å². The van der Waals surface area contributed by atoms with Crippen molar-refractivity contribution in [1.82, 2.24) is 10.2 Å². The Bertz CT molecular complexity index is 918. The molecule has 4 rings (SSSR count). The minimum Gasteiger partial charge on any atom is -0.490 e. The van der Waals surface area contributed by atoms with Gasteiger partial charge in [0.1, 0.15) is 18.2 Å². The van der Waals surface area contributed by atoms with Crippen LogP contribution in [-0.2, 0) is 4.79 Å². The summed E-state index contributed by atoms with van der Waals surface area (Å²) in [6, 6.07) is 7.54. The van der Waals surface area contributed by atoms with Gasteiger partial charge in [0.05, 0.1) is 5.56 Å². The molecule has 0 fully saturated rings. The minimum absolute atomic E-state index is 0.108. The number of carbonyl (C=O) groups excluding carboxylic acids is 1. The molecule has 0 spiro atoms. The number of aromatic amines is 2. The van der Waals surface area contributed by atoms with Gasteiger partial charge in [-0.25, -0.2) is 0 Å². The van der Waals surface area contributed by atoms with Crippen molar-refractivity contribution in [3.8, 4) is 5.75 Å². The molecule has 1 aliphatic heterocycles. The number of benzene rings is 1. The van der Waals surface area contributed by atoms with Crippen molar-refractivity contribution in [1.29, 1.82) is 0 Å². The van der Waals surface area contributed by atoms with E-state index in [1.807, 2.05) is 24.3 Å². The predicted octanol–water partition coefficient (Wildman–Crippen LogP) is 2.83. The highest BCUT2D eigenvalue weighted by atomic mass is 16.5. The number of rotatable bonds is 4. The van der Waals surface area contributed by atoms with E-state index >= 15 is 0 Å². The van der Waals surface area contributed by atoms with Crippen molar-refractivity contribution >= 4 is 11.6 Å². The van der Waals surface area contributed by atoms with Gasteiger partial charge in [0.2, 0.25) is 0 Å². The van der Waals surface area contributed by atoms with Gasteiger partial charge in [-0.05, 0) is 30.5 Å². The summed E-state index contributed by atoms with van der Waals surface area (Å²) in [5.41, 5.74) is 2.89. The molecule has 3 N–H and O–H groups in total. The van der Waals surface area contributed by atoms with E-state index in [2.05, 4.69) is 22.1 Å². The molecule has 1 aromatic heterocycles. The molecule has 0 bridgehead atoms. The minimum atomic E-state index is -0.359. The number of aromatic nitrogens is 2. The Hall–Kier alpha value is -3.02. The van der Waals surface area contributed by atoms with Gasteiger partial charge in [-0.15, -0.1) is 0 Å². The van der Waals surface area contributed by atoms with Gasteiger partial charge >= 0.3 is 0 Å². The molecule has 128 valence electrons. The molecule has 1 aromatic carbocycles. The summed E-state index contributed by atoms with van der Waals surface area (Å²) >= 11 is 0. The summed E-state index contributed by atoms with van der Waals surface area (Å²) in [5.74, 6) is 1.12. The molecule has 0 saturated carbocycles. The molecule has 2 heterocycles. The van der Waals surface area contributed by atoms with Gasteiger partial charge in [0.15, 0.2) is 5.78 Å². The maximum absolute atomic E-state index is 12.6. The van der Waals surface area contributed by atoms with E-state index in [0.29, 0.717) is 30.0 Å². The summed E-state index contributed by atoms with van der Waals surface area (Å²) in [4.78, 5) is 24.9. The number of hydrogen-bond donors (Lipinski definition) is 3. The summed E-state index contributed by atoms with van der Waals surface area (Å²) in [6.45, 7) is 4.06. The van der Waals surface area contributed by atoms with Gasteiger partial charge in [0, 0.05) is 23.6 Å². The second kappa shape index (κ2) is 6.12. The van der Waals surface area contributed by atoms with E-state index in [-0.39, 0.29) is 17.3 Å². The van der Waals surface area contributed by atoms with Gasteiger partial charge in [-0.1, -0.05) is 24.8 Å². The van der Waals surface area contributed by atoms with Gasteiger partial charge in [-0.3, -0.25) is 19.8 Å². The fourth-order valence-corrected chi connectivity index (χ4v) is 3.61. The number of Topliss-reactive ketones (excluding diaryl/α,β-unsaturated/α-hetero) is 1. The summed E-state index contributed by atoms with van der Waals surface area (Å²) < 4.78 is 5.52. The van der Waals surface area contributed by atoms with E-state index in [9.17, 15) is 9.59 Å². The maximum atomic E-state index is 12.6. The Kier molecular flexibility index (Phi) is 3.80. The quantitative estimate of drug-likeness (QED) is 0.749. The van der Waals surface area contributed by atoms with Crippen molar-refractivity contribution < 1.29 is 9.53 Å². The highest BCUT2D eigenvalue weighted by Gasteiger charge is 2.37. The molecule has 0 unspecified atom stereocenters. The molecular formula is C19H19N3O3. The van der Waals surface area contributed by atoms with Crippen LogP contribution in [0.4, 0.5) is 5.82 Å². The second-order valence-electron chi connectivity index (χ2n) is 6.26. The van der Waals surface area contributed by atoms with Gasteiger partial charge in [0.25, 0.3) is 5.56 Å². The first-order chi connectivity index (χ1) is 12.2. The predicted molar refractivity (Wildman–Crippen MR) is 94.9 cm³/mol. The zero-order valence-corrected chi connectivity index (χ0v) is 13.7. The third kappa shape index (κ3) is 2.59. The highest BCUT2D eigenvalue weighted by molar-refractivity contribution is 6.00. The number of carbonyl (C=O) groups is 1. The first-order valence-electron chi connectivity index (χ1n) is 8.36. The maximum Gasteiger partial charge on any atom is 0.270 e. The average Bonchev–Trinajstić information content (AvgIpc) is 3.00. The fourth-order valence-electron chi connectivity index (χ4n) is 3.61. The third-order valence-electron chi connectivity index (χ3n) is 4.71. The number of ether oxygens (including phenoxy) is 1. The first kappa shape index (κ1) is 15.5. The van der Waals surface area contributed by atoms with Crippen LogP contribution < -0.4 is 15.6 Å². The highest BCUT2D eigenvalue weighted by Crippen LogP contribution is 2.43. The Labute approximate surface area is 144 Å². The van der Waals surface area contributed by atoms with E-state index < -0.39 is 0 Å². The molecular weight excluding hydrogens is 318 g/mol. The van der Waals surface area contributed by atoms with Gasteiger partial charge < -0.3 is 10.1 Å². The average molecular weight is 337 g/mol. The Balaban J connectivity index is 1.81. The summed E-state index contributed by atoms with van der Waals surface area (Å²) in [5, 5.41) is 8.73. The second-order valence-corrected chi connectivity index (χ2v) is 6.26. The number of nitrogens with one attached hydrogen (secondary N) is 3. The molecule has 0 radical (unpaired) electrons. The van der Waals surface area contributed by atoms with Crippen LogP contribution in [-0.4, -0.2) is 22.6 Å². The molecule has 6 nitrogen and oxygen atoms in total. The number of hydrogen-bond acceptors (Lipinski definition) is 4. The smallest absolute Gasteiger partial charge is 0.270 e. The summed E-state index contributed by atoms with van der Waals surface area (Å²) in [7, 11) is 0. The lowest BCUT2D eigenvalue weighted by Crippen LogP contribution is -2.29. The van der Waals surface area contributed by atoms with Gasteiger partial charge in [-0.2, -0.15) is 0 Å². The molecule has 0 amide bonds. The van der Waals surface area contributed by atoms with Crippen LogP contribution in [0.2, 0.25) is 0 Å².